The summed E-state index contributed by atoms with van der Waals surface area (Å²) in [5.74, 6) is 0.194. The number of carbonyl (C=O) groups excluding carboxylic acids is 2. The molecule has 0 saturated carbocycles. The first kappa shape index (κ1) is 19.8. The van der Waals surface area contributed by atoms with Gasteiger partial charge in [0.15, 0.2) is 0 Å². The number of benzene rings is 2. The average Bonchev–Trinajstić information content (AvgIpc) is 2.62. The van der Waals surface area contributed by atoms with E-state index in [1.165, 1.54) is 0 Å². The van der Waals surface area contributed by atoms with Crippen LogP contribution in [0.2, 0.25) is 5.02 Å². The topological polar surface area (TPSA) is 64.6 Å². The Morgan fingerprint density at radius 2 is 1.85 bits per heavy atom. The first-order chi connectivity index (χ1) is 12.5. The second kappa shape index (κ2) is 9.82. The van der Waals surface area contributed by atoms with Crippen LogP contribution in [0.5, 0.6) is 5.75 Å². The number of halogens is 1. The fourth-order valence-electron chi connectivity index (χ4n) is 2.37. The molecular formula is C20H22ClNO4. The number of hydrogen-bond acceptors (Lipinski definition) is 4. The van der Waals surface area contributed by atoms with Gasteiger partial charge >= 0.3 is 5.97 Å². The number of hydrogen-bond donors (Lipinski definition) is 1. The Kier molecular flexibility index (Phi) is 7.48. The summed E-state index contributed by atoms with van der Waals surface area (Å²) in [6.07, 6.45) is 0.891. The van der Waals surface area contributed by atoms with E-state index in [0.717, 1.165) is 0 Å². The Balaban J connectivity index is 1.83. The van der Waals surface area contributed by atoms with Gasteiger partial charge in [-0.05, 0) is 62.2 Å². The first-order valence-electron chi connectivity index (χ1n) is 8.46. The van der Waals surface area contributed by atoms with Crippen molar-refractivity contribution in [2.45, 2.75) is 26.7 Å². The molecule has 0 saturated heterocycles. The Morgan fingerprint density at radius 3 is 2.54 bits per heavy atom. The van der Waals surface area contributed by atoms with Crippen LogP contribution in [0.1, 0.15) is 35.7 Å². The van der Waals surface area contributed by atoms with Gasteiger partial charge in [0.2, 0.25) is 5.91 Å². The molecule has 0 spiro atoms. The number of ether oxygens (including phenoxy) is 2. The van der Waals surface area contributed by atoms with Crippen molar-refractivity contribution in [3.05, 3.63) is 58.6 Å². The fourth-order valence-corrected chi connectivity index (χ4v) is 2.49. The predicted octanol–water partition coefficient (Wildman–Crippen LogP) is 4.62. The van der Waals surface area contributed by atoms with Crippen molar-refractivity contribution in [2.75, 3.05) is 18.5 Å². The third-order valence-electron chi connectivity index (χ3n) is 3.73. The number of carbonyl (C=O) groups is 2. The molecule has 138 valence electrons. The molecule has 5 nitrogen and oxygen atoms in total. The van der Waals surface area contributed by atoms with Gasteiger partial charge in [-0.3, -0.25) is 4.79 Å². The molecule has 26 heavy (non-hydrogen) atoms. The number of esters is 1. The molecule has 0 heterocycles. The number of rotatable bonds is 8. The van der Waals surface area contributed by atoms with Crippen LogP contribution in [0.3, 0.4) is 0 Å². The summed E-state index contributed by atoms with van der Waals surface area (Å²) in [5, 5.41) is 3.48. The molecule has 0 radical (unpaired) electrons. The summed E-state index contributed by atoms with van der Waals surface area (Å²) in [6, 6.07) is 12.2. The van der Waals surface area contributed by atoms with Crippen molar-refractivity contribution >= 4 is 29.2 Å². The maximum absolute atomic E-state index is 12.1. The van der Waals surface area contributed by atoms with Gasteiger partial charge in [0, 0.05) is 17.1 Å². The molecule has 6 heteroatoms. The lowest BCUT2D eigenvalue weighted by Crippen LogP contribution is -2.15. The van der Waals surface area contributed by atoms with Gasteiger partial charge in [-0.2, -0.15) is 0 Å². The Bertz CT molecular complexity index is 759. The number of anilines is 1. The minimum absolute atomic E-state index is 0.131. The lowest BCUT2D eigenvalue weighted by molar-refractivity contribution is -0.116. The molecule has 0 fully saturated rings. The molecule has 0 aliphatic rings. The van der Waals surface area contributed by atoms with Crippen LogP contribution < -0.4 is 10.1 Å². The van der Waals surface area contributed by atoms with Gasteiger partial charge < -0.3 is 14.8 Å². The molecule has 0 aliphatic carbocycles. The van der Waals surface area contributed by atoms with Crippen LogP contribution in [-0.2, 0) is 9.53 Å². The van der Waals surface area contributed by atoms with E-state index in [1.807, 2.05) is 0 Å². The zero-order valence-corrected chi connectivity index (χ0v) is 15.6. The van der Waals surface area contributed by atoms with Crippen molar-refractivity contribution < 1.29 is 19.1 Å². The second-order valence-corrected chi connectivity index (χ2v) is 6.09. The van der Waals surface area contributed by atoms with E-state index in [9.17, 15) is 9.59 Å². The monoisotopic (exact) mass is 375 g/mol. The molecule has 0 bridgehead atoms. The standard InChI is InChI=1S/C20H22ClNO4/c1-3-25-20(24)17-6-4-7-18(14(17)2)22-19(23)8-5-13-26-16-11-9-15(21)10-12-16/h4,6-7,9-12H,3,5,8,13H2,1-2H3,(H,22,23). The predicted molar refractivity (Wildman–Crippen MR) is 102 cm³/mol. The van der Waals surface area contributed by atoms with E-state index in [-0.39, 0.29) is 5.91 Å². The molecular weight excluding hydrogens is 354 g/mol. The highest BCUT2D eigenvalue weighted by molar-refractivity contribution is 6.30. The largest absolute Gasteiger partial charge is 0.494 e. The van der Waals surface area contributed by atoms with E-state index >= 15 is 0 Å². The van der Waals surface area contributed by atoms with Crippen molar-refractivity contribution in [1.29, 1.82) is 0 Å². The zero-order valence-electron chi connectivity index (χ0n) is 14.9. The normalized spacial score (nSPS) is 10.3. The molecule has 1 amide bonds. The third kappa shape index (κ3) is 5.77. The Hall–Kier alpha value is -2.53. The maximum Gasteiger partial charge on any atom is 0.338 e. The molecule has 0 aromatic heterocycles. The summed E-state index contributed by atoms with van der Waals surface area (Å²) in [4.78, 5) is 24.0. The lowest BCUT2D eigenvalue weighted by atomic mass is 10.1. The minimum atomic E-state index is -0.391. The zero-order chi connectivity index (χ0) is 18.9. The minimum Gasteiger partial charge on any atom is -0.494 e. The Morgan fingerprint density at radius 1 is 1.12 bits per heavy atom. The molecule has 2 aromatic carbocycles. The van der Waals surface area contributed by atoms with Gasteiger partial charge in [-0.15, -0.1) is 0 Å². The number of amides is 1. The number of nitrogens with one attached hydrogen (secondary N) is 1. The van der Waals surface area contributed by atoms with Gasteiger partial charge in [0.05, 0.1) is 18.8 Å². The smallest absolute Gasteiger partial charge is 0.338 e. The summed E-state index contributed by atoms with van der Waals surface area (Å²) in [5.41, 5.74) is 1.76. The van der Waals surface area contributed by atoms with E-state index < -0.39 is 5.97 Å². The summed E-state index contributed by atoms with van der Waals surface area (Å²) < 4.78 is 10.6. The van der Waals surface area contributed by atoms with E-state index in [0.29, 0.717) is 53.6 Å². The van der Waals surface area contributed by atoms with Crippen LogP contribution in [0, 0.1) is 6.92 Å². The molecule has 0 atom stereocenters. The van der Waals surface area contributed by atoms with Crippen LogP contribution in [0.25, 0.3) is 0 Å². The van der Waals surface area contributed by atoms with Crippen molar-refractivity contribution in [3.63, 3.8) is 0 Å². The maximum atomic E-state index is 12.1. The summed E-state index contributed by atoms with van der Waals surface area (Å²) in [6.45, 7) is 4.27. The van der Waals surface area contributed by atoms with Crippen LogP contribution >= 0.6 is 11.6 Å². The van der Waals surface area contributed by atoms with Crippen molar-refractivity contribution in [3.8, 4) is 5.75 Å². The summed E-state index contributed by atoms with van der Waals surface area (Å²) in [7, 11) is 0. The molecule has 0 unspecified atom stereocenters. The highest BCUT2D eigenvalue weighted by Crippen LogP contribution is 2.20. The van der Waals surface area contributed by atoms with Gasteiger partial charge in [-0.1, -0.05) is 17.7 Å². The first-order valence-corrected chi connectivity index (χ1v) is 8.84. The van der Waals surface area contributed by atoms with Crippen LogP contribution in [0.15, 0.2) is 42.5 Å². The highest BCUT2D eigenvalue weighted by Gasteiger charge is 2.13. The highest BCUT2D eigenvalue weighted by atomic mass is 35.5. The molecule has 0 aliphatic heterocycles. The van der Waals surface area contributed by atoms with Crippen molar-refractivity contribution in [2.24, 2.45) is 0 Å². The van der Waals surface area contributed by atoms with Gasteiger partial charge in [0.1, 0.15) is 5.75 Å². The van der Waals surface area contributed by atoms with E-state index in [4.69, 9.17) is 21.1 Å². The SMILES string of the molecule is CCOC(=O)c1cccc(NC(=O)CCCOc2ccc(Cl)cc2)c1C. The Labute approximate surface area is 158 Å². The third-order valence-corrected chi connectivity index (χ3v) is 3.99. The van der Waals surface area contributed by atoms with Crippen LogP contribution in [0.4, 0.5) is 5.69 Å². The van der Waals surface area contributed by atoms with Crippen molar-refractivity contribution in [1.82, 2.24) is 0 Å². The van der Waals surface area contributed by atoms with Gasteiger partial charge in [0.25, 0.3) is 0 Å². The van der Waals surface area contributed by atoms with E-state index in [2.05, 4.69) is 5.32 Å². The average molecular weight is 376 g/mol. The van der Waals surface area contributed by atoms with Crippen LogP contribution in [-0.4, -0.2) is 25.1 Å². The summed E-state index contributed by atoms with van der Waals surface area (Å²) >= 11 is 5.82. The molecule has 2 aromatic rings. The van der Waals surface area contributed by atoms with Gasteiger partial charge in [-0.25, -0.2) is 4.79 Å². The van der Waals surface area contributed by atoms with E-state index in [1.54, 1.807) is 56.3 Å². The molecule has 1 N–H and O–H groups in total. The second-order valence-electron chi connectivity index (χ2n) is 5.65. The quantitative estimate of drug-likeness (QED) is 0.540. The lowest BCUT2D eigenvalue weighted by Gasteiger charge is -2.12. The molecule has 2 rings (SSSR count). The fraction of sp³-hybridized carbons (Fsp3) is 0.300.